The highest BCUT2D eigenvalue weighted by atomic mass is 32.3. The predicted octanol–water partition coefficient (Wildman–Crippen LogP) is 5.11. The Morgan fingerprint density at radius 2 is 1.03 bits per heavy atom. The van der Waals surface area contributed by atoms with Crippen molar-refractivity contribution in [1.82, 2.24) is 5.32 Å². The predicted molar refractivity (Wildman–Crippen MR) is 120 cm³/mol. The number of hydrogen-bond donors (Lipinski definition) is 2. The van der Waals surface area contributed by atoms with E-state index in [4.69, 9.17) is 13.5 Å². The van der Waals surface area contributed by atoms with Gasteiger partial charge in [0.05, 0.1) is 19.8 Å². The number of aliphatic hydroxyl groups is 1. The molecule has 0 radical (unpaired) electrons. The van der Waals surface area contributed by atoms with Crippen LogP contribution in [0.25, 0.3) is 0 Å². The van der Waals surface area contributed by atoms with Crippen molar-refractivity contribution < 1.29 is 21.9 Å². The van der Waals surface area contributed by atoms with Crippen molar-refractivity contribution in [2.75, 3.05) is 32.9 Å². The van der Waals surface area contributed by atoms with Crippen LogP contribution >= 0.6 is 0 Å². The first-order valence-electron chi connectivity index (χ1n) is 12.0. The van der Waals surface area contributed by atoms with Gasteiger partial charge in [0.25, 0.3) is 0 Å². The summed E-state index contributed by atoms with van der Waals surface area (Å²) in [6.07, 6.45) is 20.6. The lowest BCUT2D eigenvalue weighted by atomic mass is 10.0. The van der Waals surface area contributed by atoms with E-state index in [0.29, 0.717) is 13.1 Å². The molecule has 0 spiro atoms. The summed E-state index contributed by atoms with van der Waals surface area (Å²) in [6.45, 7) is 3.27. The lowest BCUT2D eigenvalue weighted by Crippen LogP contribution is -2.24. The van der Waals surface area contributed by atoms with Crippen molar-refractivity contribution in [3.05, 3.63) is 0 Å². The first-order valence-corrected chi connectivity index (χ1v) is 13.3. The third kappa shape index (κ3) is 23.9. The van der Waals surface area contributed by atoms with Crippen LogP contribution in [-0.2, 0) is 18.8 Å². The topological polar surface area (TPSA) is 84.9 Å². The zero-order valence-corrected chi connectivity index (χ0v) is 19.7. The van der Waals surface area contributed by atoms with E-state index in [0.717, 1.165) is 19.3 Å². The van der Waals surface area contributed by atoms with Gasteiger partial charge in [0.15, 0.2) is 0 Å². The minimum Gasteiger partial charge on any atom is -0.395 e. The molecule has 0 aromatic carbocycles. The fourth-order valence-electron chi connectivity index (χ4n) is 3.27. The quantitative estimate of drug-likeness (QED) is 0.204. The molecule has 0 amide bonds. The van der Waals surface area contributed by atoms with Crippen LogP contribution in [-0.4, -0.2) is 46.4 Å². The van der Waals surface area contributed by atoms with Crippen LogP contribution in [0.2, 0.25) is 0 Å². The second-order valence-corrected chi connectivity index (χ2v) is 9.12. The summed E-state index contributed by atoms with van der Waals surface area (Å²) in [6, 6.07) is 0. The molecular weight excluding hydrogens is 390 g/mol. The molecule has 7 heteroatoms. The molecule has 0 aliphatic heterocycles. The van der Waals surface area contributed by atoms with Crippen molar-refractivity contribution in [2.24, 2.45) is 0 Å². The molecule has 0 aromatic rings. The van der Waals surface area contributed by atoms with Gasteiger partial charge < -0.3 is 10.4 Å². The molecule has 176 valence electrons. The molecule has 2 N–H and O–H groups in total. The molecule has 0 aromatic heterocycles. The van der Waals surface area contributed by atoms with Gasteiger partial charge >= 0.3 is 10.4 Å². The summed E-state index contributed by atoms with van der Waals surface area (Å²) in [5.74, 6) is 0. The SMILES string of the molecule is CCCCCCCCCCCCCCCCCCOS(=O)(=O)OCCNCCO. The van der Waals surface area contributed by atoms with Crippen molar-refractivity contribution in [3.8, 4) is 0 Å². The summed E-state index contributed by atoms with van der Waals surface area (Å²) < 4.78 is 32.5. The minimum atomic E-state index is -3.89. The van der Waals surface area contributed by atoms with Gasteiger partial charge in [0.2, 0.25) is 0 Å². The van der Waals surface area contributed by atoms with Crippen LogP contribution in [0.15, 0.2) is 0 Å². The first kappa shape index (κ1) is 28.8. The molecule has 0 aliphatic rings. The van der Waals surface area contributed by atoms with Crippen molar-refractivity contribution in [1.29, 1.82) is 0 Å². The Bertz CT molecular complexity index is 417. The molecule has 0 fully saturated rings. The molecule has 6 nitrogen and oxygen atoms in total. The van der Waals surface area contributed by atoms with Gasteiger partial charge in [-0.05, 0) is 6.42 Å². The maximum absolute atomic E-state index is 11.5. The Morgan fingerprint density at radius 3 is 1.48 bits per heavy atom. The second-order valence-electron chi connectivity index (χ2n) is 7.83. The summed E-state index contributed by atoms with van der Waals surface area (Å²) in [7, 11) is -3.89. The Labute approximate surface area is 180 Å². The Morgan fingerprint density at radius 1 is 0.621 bits per heavy atom. The summed E-state index contributed by atoms with van der Waals surface area (Å²) >= 11 is 0. The maximum atomic E-state index is 11.5. The fraction of sp³-hybridized carbons (Fsp3) is 1.00. The van der Waals surface area contributed by atoms with E-state index < -0.39 is 10.4 Å². The Balaban J connectivity index is 3.23. The van der Waals surface area contributed by atoms with Gasteiger partial charge in [0, 0.05) is 13.1 Å². The highest BCUT2D eigenvalue weighted by molar-refractivity contribution is 7.81. The number of aliphatic hydroxyl groups excluding tert-OH is 1. The summed E-state index contributed by atoms with van der Waals surface area (Å²) in [5, 5.41) is 11.4. The lowest BCUT2D eigenvalue weighted by Gasteiger charge is -2.07. The van der Waals surface area contributed by atoms with E-state index in [1.54, 1.807) is 0 Å². The van der Waals surface area contributed by atoms with Crippen LogP contribution in [0.5, 0.6) is 0 Å². The molecule has 0 atom stereocenters. The van der Waals surface area contributed by atoms with E-state index in [9.17, 15) is 8.42 Å². The maximum Gasteiger partial charge on any atom is 0.399 e. The van der Waals surface area contributed by atoms with Gasteiger partial charge in [-0.3, -0.25) is 0 Å². The highest BCUT2D eigenvalue weighted by Gasteiger charge is 2.10. The van der Waals surface area contributed by atoms with E-state index in [-0.39, 0.29) is 19.8 Å². The number of rotatable bonds is 24. The van der Waals surface area contributed by atoms with E-state index in [1.165, 1.54) is 83.5 Å². The number of nitrogens with one attached hydrogen (secondary N) is 1. The molecule has 0 heterocycles. The molecule has 0 saturated heterocycles. The largest absolute Gasteiger partial charge is 0.399 e. The highest BCUT2D eigenvalue weighted by Crippen LogP contribution is 2.13. The Hall–Kier alpha value is -0.210. The molecule has 0 rings (SSSR count). The molecular formula is C22H47NO5S. The van der Waals surface area contributed by atoms with Crippen LogP contribution in [0, 0.1) is 0 Å². The average molecular weight is 438 g/mol. The standard InChI is InChI=1S/C22H47NO5S/c1-2-3-4-5-6-7-8-9-10-11-12-13-14-15-16-17-21-27-29(25,26)28-22-19-23-18-20-24/h23-24H,2-22H2,1H3. The van der Waals surface area contributed by atoms with E-state index in [2.05, 4.69) is 12.2 Å². The lowest BCUT2D eigenvalue weighted by molar-refractivity contribution is 0.209. The van der Waals surface area contributed by atoms with Gasteiger partial charge in [-0.2, -0.15) is 8.42 Å². The van der Waals surface area contributed by atoms with Crippen molar-refractivity contribution >= 4 is 10.4 Å². The minimum absolute atomic E-state index is 0.0152. The zero-order chi connectivity index (χ0) is 21.5. The number of unbranched alkanes of at least 4 members (excludes halogenated alkanes) is 15. The van der Waals surface area contributed by atoms with Gasteiger partial charge in [0.1, 0.15) is 0 Å². The van der Waals surface area contributed by atoms with Crippen LogP contribution < -0.4 is 5.32 Å². The molecule has 0 bridgehead atoms. The molecule has 0 saturated carbocycles. The van der Waals surface area contributed by atoms with Crippen LogP contribution in [0.3, 0.4) is 0 Å². The third-order valence-corrected chi connectivity index (χ3v) is 5.93. The monoisotopic (exact) mass is 437 g/mol. The Kier molecular flexibility index (Phi) is 22.3. The van der Waals surface area contributed by atoms with Crippen LogP contribution in [0.4, 0.5) is 0 Å². The van der Waals surface area contributed by atoms with E-state index in [1.807, 2.05) is 0 Å². The van der Waals surface area contributed by atoms with Crippen LogP contribution in [0.1, 0.15) is 110 Å². The molecule has 0 unspecified atom stereocenters. The summed E-state index contributed by atoms with van der Waals surface area (Å²) in [5.41, 5.74) is 0. The fourth-order valence-corrected chi connectivity index (χ4v) is 3.94. The molecule has 0 aliphatic carbocycles. The molecule has 29 heavy (non-hydrogen) atoms. The van der Waals surface area contributed by atoms with Gasteiger partial charge in [-0.25, -0.2) is 8.37 Å². The van der Waals surface area contributed by atoms with Gasteiger partial charge in [-0.15, -0.1) is 0 Å². The van der Waals surface area contributed by atoms with Crippen molar-refractivity contribution in [3.63, 3.8) is 0 Å². The average Bonchev–Trinajstić information content (AvgIpc) is 2.70. The smallest absolute Gasteiger partial charge is 0.395 e. The third-order valence-electron chi connectivity index (χ3n) is 5.02. The summed E-state index contributed by atoms with van der Waals surface area (Å²) in [4.78, 5) is 0. The normalized spacial score (nSPS) is 11.9. The first-order chi connectivity index (χ1) is 14.1. The van der Waals surface area contributed by atoms with Gasteiger partial charge in [-0.1, -0.05) is 103 Å². The van der Waals surface area contributed by atoms with E-state index >= 15 is 0 Å². The number of hydrogen-bond acceptors (Lipinski definition) is 6. The zero-order valence-electron chi connectivity index (χ0n) is 18.8. The van der Waals surface area contributed by atoms with Crippen molar-refractivity contribution in [2.45, 2.75) is 110 Å². The second kappa shape index (κ2) is 22.5.